The molecule has 5 nitrogen and oxygen atoms in total. The summed E-state index contributed by atoms with van der Waals surface area (Å²) in [6, 6.07) is 7.88. The van der Waals surface area contributed by atoms with Gasteiger partial charge >= 0.3 is 0 Å². The molecule has 0 fully saturated rings. The molecule has 2 aromatic rings. The molecule has 0 heterocycles. The summed E-state index contributed by atoms with van der Waals surface area (Å²) in [5.74, 6) is 0. The predicted molar refractivity (Wildman–Crippen MR) is 64.1 cm³/mol. The minimum atomic E-state index is -3.76. The van der Waals surface area contributed by atoms with Gasteiger partial charge < -0.3 is 11.5 Å². The van der Waals surface area contributed by atoms with Crippen molar-refractivity contribution in [2.45, 2.75) is 4.90 Å². The Bertz CT molecular complexity index is 665. The van der Waals surface area contributed by atoms with Crippen LogP contribution in [0.3, 0.4) is 0 Å². The van der Waals surface area contributed by atoms with E-state index in [1.54, 1.807) is 24.3 Å². The van der Waals surface area contributed by atoms with Gasteiger partial charge in [-0.05, 0) is 12.1 Å². The summed E-state index contributed by atoms with van der Waals surface area (Å²) in [4.78, 5) is 0.0525. The van der Waals surface area contributed by atoms with E-state index >= 15 is 0 Å². The first kappa shape index (κ1) is 10.7. The van der Waals surface area contributed by atoms with Crippen molar-refractivity contribution >= 4 is 32.2 Å². The fourth-order valence-corrected chi connectivity index (χ4v) is 2.37. The average Bonchev–Trinajstić information content (AvgIpc) is 2.21. The average molecular weight is 237 g/mol. The molecule has 2 rings (SSSR count). The Hall–Kier alpha value is -1.79. The van der Waals surface area contributed by atoms with E-state index in [9.17, 15) is 8.42 Å². The lowest BCUT2D eigenvalue weighted by molar-refractivity contribution is 0.598. The number of hydrogen-bond donors (Lipinski definition) is 3. The van der Waals surface area contributed by atoms with E-state index in [0.29, 0.717) is 22.1 Å². The molecule has 0 aliphatic carbocycles. The minimum absolute atomic E-state index is 0.0525. The number of sulfonamides is 1. The predicted octanol–water partition coefficient (Wildman–Crippen LogP) is 0.652. The molecule has 0 saturated carbocycles. The van der Waals surface area contributed by atoms with Gasteiger partial charge in [0.15, 0.2) is 0 Å². The standard InChI is InChI=1S/C10H11N3O2S/c11-8-5-4-6-7(10(8)12)2-1-3-9(6)16(13,14)15/h1-5H,11-12H2,(H2,13,14,15). The van der Waals surface area contributed by atoms with Gasteiger partial charge in [0.1, 0.15) is 0 Å². The van der Waals surface area contributed by atoms with Gasteiger partial charge in [0.25, 0.3) is 0 Å². The highest BCUT2D eigenvalue weighted by Crippen LogP contribution is 2.30. The topological polar surface area (TPSA) is 112 Å². The maximum absolute atomic E-state index is 11.3. The Labute approximate surface area is 92.9 Å². The van der Waals surface area contributed by atoms with Crippen molar-refractivity contribution in [3.8, 4) is 0 Å². The van der Waals surface area contributed by atoms with Crippen LogP contribution in [0.4, 0.5) is 11.4 Å². The highest BCUT2D eigenvalue weighted by Gasteiger charge is 2.13. The van der Waals surface area contributed by atoms with Crippen LogP contribution in [0.15, 0.2) is 35.2 Å². The van der Waals surface area contributed by atoms with Gasteiger partial charge in [0.2, 0.25) is 10.0 Å². The van der Waals surface area contributed by atoms with Gasteiger partial charge in [-0.2, -0.15) is 0 Å². The quantitative estimate of drug-likeness (QED) is 0.632. The number of rotatable bonds is 1. The zero-order valence-corrected chi connectivity index (χ0v) is 9.16. The first-order valence-electron chi connectivity index (χ1n) is 4.51. The maximum Gasteiger partial charge on any atom is 0.238 e. The Morgan fingerprint density at radius 1 is 0.938 bits per heavy atom. The lowest BCUT2D eigenvalue weighted by Crippen LogP contribution is -2.12. The molecule has 0 spiro atoms. The fraction of sp³-hybridized carbons (Fsp3) is 0. The van der Waals surface area contributed by atoms with Crippen molar-refractivity contribution in [3.63, 3.8) is 0 Å². The molecular weight excluding hydrogens is 226 g/mol. The molecule has 0 radical (unpaired) electrons. The van der Waals surface area contributed by atoms with Gasteiger partial charge in [0, 0.05) is 10.8 Å². The summed E-state index contributed by atoms with van der Waals surface area (Å²) in [5, 5.41) is 6.18. The van der Waals surface area contributed by atoms with Crippen LogP contribution in [0, 0.1) is 0 Å². The number of benzene rings is 2. The Balaban J connectivity index is 2.96. The molecule has 2 aromatic carbocycles. The molecule has 0 saturated heterocycles. The van der Waals surface area contributed by atoms with Gasteiger partial charge in [-0.3, -0.25) is 0 Å². The van der Waals surface area contributed by atoms with Gasteiger partial charge in [-0.15, -0.1) is 0 Å². The van der Waals surface area contributed by atoms with Crippen molar-refractivity contribution in [2.75, 3.05) is 11.5 Å². The molecule has 0 unspecified atom stereocenters. The second-order valence-corrected chi connectivity index (χ2v) is 4.99. The molecule has 0 aliphatic rings. The zero-order chi connectivity index (χ0) is 11.9. The van der Waals surface area contributed by atoms with Crippen LogP contribution >= 0.6 is 0 Å². The summed E-state index contributed by atoms with van der Waals surface area (Å²) >= 11 is 0. The van der Waals surface area contributed by atoms with E-state index in [1.165, 1.54) is 6.07 Å². The monoisotopic (exact) mass is 237 g/mol. The van der Waals surface area contributed by atoms with E-state index in [1.807, 2.05) is 0 Å². The zero-order valence-electron chi connectivity index (χ0n) is 8.34. The summed E-state index contributed by atoms with van der Waals surface area (Å²) in [7, 11) is -3.76. The molecule has 0 aromatic heterocycles. The van der Waals surface area contributed by atoms with Crippen LogP contribution in [-0.4, -0.2) is 8.42 Å². The van der Waals surface area contributed by atoms with Crippen LogP contribution < -0.4 is 16.6 Å². The van der Waals surface area contributed by atoms with E-state index < -0.39 is 10.0 Å². The second-order valence-electron chi connectivity index (χ2n) is 3.46. The number of hydrogen-bond acceptors (Lipinski definition) is 4. The molecule has 0 bridgehead atoms. The fourth-order valence-electron chi connectivity index (χ4n) is 1.62. The van der Waals surface area contributed by atoms with Crippen molar-refractivity contribution in [3.05, 3.63) is 30.3 Å². The van der Waals surface area contributed by atoms with Crippen molar-refractivity contribution < 1.29 is 8.42 Å². The third-order valence-corrected chi connectivity index (χ3v) is 3.37. The Morgan fingerprint density at radius 3 is 2.25 bits per heavy atom. The first-order valence-corrected chi connectivity index (χ1v) is 6.05. The van der Waals surface area contributed by atoms with Crippen LogP contribution in [0.25, 0.3) is 10.8 Å². The van der Waals surface area contributed by atoms with E-state index in [4.69, 9.17) is 16.6 Å². The van der Waals surface area contributed by atoms with Crippen LogP contribution in [0.2, 0.25) is 0 Å². The van der Waals surface area contributed by atoms with Crippen LogP contribution in [-0.2, 0) is 10.0 Å². The SMILES string of the molecule is Nc1ccc2c(S(N)(=O)=O)cccc2c1N. The van der Waals surface area contributed by atoms with Crippen LogP contribution in [0.5, 0.6) is 0 Å². The summed E-state index contributed by atoms with van der Waals surface area (Å²) < 4.78 is 22.7. The van der Waals surface area contributed by atoms with Gasteiger partial charge in [-0.1, -0.05) is 18.2 Å². The van der Waals surface area contributed by atoms with Gasteiger partial charge in [0.05, 0.1) is 16.3 Å². The van der Waals surface area contributed by atoms with Crippen molar-refractivity contribution in [1.82, 2.24) is 0 Å². The summed E-state index contributed by atoms with van der Waals surface area (Å²) in [6.45, 7) is 0. The second kappa shape index (κ2) is 3.36. The van der Waals surface area contributed by atoms with Gasteiger partial charge in [-0.25, -0.2) is 13.6 Å². The molecular formula is C10H11N3O2S. The lowest BCUT2D eigenvalue weighted by Gasteiger charge is -2.08. The first-order chi connectivity index (χ1) is 7.41. The Kier molecular flexibility index (Phi) is 2.25. The number of nitrogens with two attached hydrogens (primary N) is 3. The molecule has 16 heavy (non-hydrogen) atoms. The molecule has 6 N–H and O–H groups in total. The molecule has 0 atom stereocenters. The van der Waals surface area contributed by atoms with E-state index in [0.717, 1.165) is 0 Å². The number of primary sulfonamides is 1. The van der Waals surface area contributed by atoms with E-state index in [-0.39, 0.29) is 4.90 Å². The van der Waals surface area contributed by atoms with Crippen LogP contribution in [0.1, 0.15) is 0 Å². The van der Waals surface area contributed by atoms with Crippen molar-refractivity contribution in [2.24, 2.45) is 5.14 Å². The highest BCUT2D eigenvalue weighted by molar-refractivity contribution is 7.89. The van der Waals surface area contributed by atoms with E-state index in [2.05, 4.69) is 0 Å². The normalized spacial score (nSPS) is 11.8. The number of fused-ring (bicyclic) bond motifs is 1. The number of nitrogen functional groups attached to an aromatic ring is 2. The van der Waals surface area contributed by atoms with Crippen molar-refractivity contribution in [1.29, 1.82) is 0 Å². The third-order valence-electron chi connectivity index (χ3n) is 2.40. The molecule has 84 valence electrons. The Morgan fingerprint density at radius 2 is 1.62 bits per heavy atom. The number of anilines is 2. The lowest BCUT2D eigenvalue weighted by atomic mass is 10.1. The maximum atomic E-state index is 11.3. The smallest absolute Gasteiger partial charge is 0.238 e. The molecule has 6 heteroatoms. The molecule has 0 aliphatic heterocycles. The summed E-state index contributed by atoms with van der Waals surface area (Å²) in [6.07, 6.45) is 0. The minimum Gasteiger partial charge on any atom is -0.397 e. The highest BCUT2D eigenvalue weighted by atomic mass is 32.2. The third kappa shape index (κ3) is 1.58. The largest absolute Gasteiger partial charge is 0.397 e. The molecule has 0 amide bonds. The summed E-state index contributed by atoms with van der Waals surface area (Å²) in [5.41, 5.74) is 12.2.